The highest BCUT2D eigenvalue weighted by Gasteiger charge is 2.65. The molecule has 5 atom stereocenters. The molecule has 1 aliphatic carbocycles. The fourth-order valence-corrected chi connectivity index (χ4v) is 3.63. The Morgan fingerprint density at radius 2 is 1.52 bits per heavy atom. The molecule has 1 saturated carbocycles. The summed E-state index contributed by atoms with van der Waals surface area (Å²) in [6.07, 6.45) is -3.54. The lowest BCUT2D eigenvalue weighted by Gasteiger charge is -2.47. The van der Waals surface area contributed by atoms with E-state index in [0.717, 1.165) is 0 Å². The minimum Gasteiger partial charge on any atom is -0.463 e. The van der Waals surface area contributed by atoms with Gasteiger partial charge in [-0.25, -0.2) is 0 Å². The van der Waals surface area contributed by atoms with E-state index in [1.54, 1.807) is 0 Å². The first-order chi connectivity index (χ1) is 12.5. The van der Waals surface area contributed by atoms with E-state index in [4.69, 9.17) is 23.7 Å². The van der Waals surface area contributed by atoms with Crippen LogP contribution in [0.5, 0.6) is 0 Å². The van der Waals surface area contributed by atoms with E-state index < -0.39 is 53.6 Å². The summed E-state index contributed by atoms with van der Waals surface area (Å²) >= 11 is 0. The summed E-state index contributed by atoms with van der Waals surface area (Å²) in [5.41, 5.74) is -1.51. The van der Waals surface area contributed by atoms with Crippen LogP contribution in [0.3, 0.4) is 0 Å². The van der Waals surface area contributed by atoms with Crippen molar-refractivity contribution in [3.8, 4) is 0 Å². The Morgan fingerprint density at radius 1 is 0.926 bits per heavy atom. The Balaban J connectivity index is 2.49. The van der Waals surface area contributed by atoms with Crippen molar-refractivity contribution in [3.63, 3.8) is 0 Å². The Morgan fingerprint density at radius 3 is 2.04 bits per heavy atom. The third-order valence-corrected chi connectivity index (χ3v) is 4.63. The van der Waals surface area contributed by atoms with E-state index >= 15 is 0 Å². The molecule has 27 heavy (non-hydrogen) atoms. The SMILES string of the molecule is CC(=O)OCC1OC2(O)CCC1(OC(C)=O)C(OC(C)=O)CC2OC(C)=O. The normalized spacial score (nSPS) is 34.9. The maximum Gasteiger partial charge on any atom is 0.303 e. The molecule has 3 fully saturated rings. The van der Waals surface area contributed by atoms with E-state index in [2.05, 4.69) is 0 Å². The van der Waals surface area contributed by atoms with Crippen molar-refractivity contribution in [1.29, 1.82) is 0 Å². The van der Waals surface area contributed by atoms with Crippen molar-refractivity contribution >= 4 is 23.9 Å². The second-order valence-electron chi connectivity index (χ2n) is 6.73. The number of rotatable bonds is 5. The van der Waals surface area contributed by atoms with Crippen LogP contribution < -0.4 is 0 Å². The lowest BCUT2D eigenvalue weighted by Crippen LogP contribution is -2.62. The van der Waals surface area contributed by atoms with Gasteiger partial charge in [0.15, 0.2) is 11.7 Å². The molecule has 0 spiro atoms. The maximum absolute atomic E-state index is 11.8. The number of hydrogen-bond acceptors (Lipinski definition) is 10. The van der Waals surface area contributed by atoms with Crippen molar-refractivity contribution in [2.75, 3.05) is 6.61 Å². The number of fused-ring (bicyclic) bond motifs is 4. The standard InChI is InChI=1S/C17H24O10/c1-9(18)23-8-15-16(26-12(4)21)5-6-17(22,27-15)14(25-11(3)20)7-13(16)24-10(2)19/h13-15,22H,5-8H2,1-4H3. The number of ether oxygens (including phenoxy) is 5. The van der Waals surface area contributed by atoms with E-state index in [1.165, 1.54) is 27.7 Å². The van der Waals surface area contributed by atoms with Crippen molar-refractivity contribution in [3.05, 3.63) is 0 Å². The molecule has 10 nitrogen and oxygen atoms in total. The molecule has 0 radical (unpaired) electrons. The summed E-state index contributed by atoms with van der Waals surface area (Å²) in [7, 11) is 0. The van der Waals surface area contributed by atoms with E-state index in [9.17, 15) is 24.3 Å². The molecule has 0 aromatic rings. The summed E-state index contributed by atoms with van der Waals surface area (Å²) in [6, 6.07) is 0. The van der Waals surface area contributed by atoms with Crippen LogP contribution in [0.2, 0.25) is 0 Å². The van der Waals surface area contributed by atoms with Gasteiger partial charge in [-0.1, -0.05) is 0 Å². The maximum atomic E-state index is 11.8. The molecule has 0 aromatic carbocycles. The highest BCUT2D eigenvalue weighted by Crippen LogP contribution is 2.48. The van der Waals surface area contributed by atoms with Crippen molar-refractivity contribution in [2.45, 2.75) is 76.7 Å². The smallest absolute Gasteiger partial charge is 0.303 e. The summed E-state index contributed by atoms with van der Waals surface area (Å²) in [5.74, 6) is -4.50. The average Bonchev–Trinajstić information content (AvgIpc) is 2.66. The molecule has 152 valence electrons. The topological polar surface area (TPSA) is 135 Å². The highest BCUT2D eigenvalue weighted by molar-refractivity contribution is 5.68. The predicted molar refractivity (Wildman–Crippen MR) is 85.9 cm³/mol. The summed E-state index contributed by atoms with van der Waals surface area (Å²) in [6.45, 7) is 4.36. The fourth-order valence-electron chi connectivity index (χ4n) is 3.63. The predicted octanol–water partition coefficient (Wildman–Crippen LogP) is -0.0139. The van der Waals surface area contributed by atoms with E-state index in [-0.39, 0.29) is 25.9 Å². The summed E-state index contributed by atoms with van der Waals surface area (Å²) in [5, 5.41) is 10.9. The molecular weight excluding hydrogens is 364 g/mol. The molecule has 3 rings (SSSR count). The molecule has 2 saturated heterocycles. The van der Waals surface area contributed by atoms with Crippen LogP contribution >= 0.6 is 0 Å². The van der Waals surface area contributed by atoms with Crippen LogP contribution in [0.15, 0.2) is 0 Å². The molecule has 3 aliphatic rings. The quantitative estimate of drug-likeness (QED) is 0.506. The largest absolute Gasteiger partial charge is 0.463 e. The minimum atomic E-state index is -1.91. The Bertz CT molecular complexity index is 631. The van der Waals surface area contributed by atoms with Gasteiger partial charge >= 0.3 is 23.9 Å². The van der Waals surface area contributed by atoms with E-state index in [1.807, 2.05) is 0 Å². The number of carbonyl (C=O) groups excluding carboxylic acids is 4. The van der Waals surface area contributed by atoms with Gasteiger partial charge in [-0.15, -0.1) is 0 Å². The van der Waals surface area contributed by atoms with Crippen LogP contribution in [0.4, 0.5) is 0 Å². The van der Waals surface area contributed by atoms with Gasteiger partial charge in [0.25, 0.3) is 0 Å². The molecule has 2 bridgehead atoms. The Hall–Kier alpha value is -2.20. The molecule has 2 heterocycles. The van der Waals surface area contributed by atoms with Crippen LogP contribution in [0, 0.1) is 0 Å². The third kappa shape index (κ3) is 4.56. The monoisotopic (exact) mass is 388 g/mol. The van der Waals surface area contributed by atoms with Crippen molar-refractivity contribution in [2.24, 2.45) is 0 Å². The number of aliphatic hydroxyl groups is 1. The second-order valence-corrected chi connectivity index (χ2v) is 6.73. The molecule has 5 unspecified atom stereocenters. The molecular formula is C17H24O10. The first-order valence-corrected chi connectivity index (χ1v) is 8.56. The number of hydrogen-bond donors (Lipinski definition) is 1. The zero-order valence-electron chi connectivity index (χ0n) is 15.7. The average molecular weight is 388 g/mol. The van der Waals surface area contributed by atoms with Crippen LogP contribution in [0.1, 0.15) is 47.0 Å². The van der Waals surface area contributed by atoms with Gasteiger partial charge in [-0.2, -0.15) is 0 Å². The van der Waals surface area contributed by atoms with Gasteiger partial charge in [0.1, 0.15) is 18.8 Å². The minimum absolute atomic E-state index is 0.0464. The summed E-state index contributed by atoms with van der Waals surface area (Å²) in [4.78, 5) is 46.2. The van der Waals surface area contributed by atoms with Crippen molar-refractivity contribution < 1.29 is 48.0 Å². The fraction of sp³-hybridized carbons (Fsp3) is 0.765. The van der Waals surface area contributed by atoms with Gasteiger partial charge in [0, 0.05) is 40.5 Å². The lowest BCUT2D eigenvalue weighted by molar-refractivity contribution is -0.327. The van der Waals surface area contributed by atoms with Gasteiger partial charge in [0.2, 0.25) is 5.79 Å². The lowest BCUT2D eigenvalue weighted by atomic mass is 9.83. The van der Waals surface area contributed by atoms with Gasteiger partial charge < -0.3 is 28.8 Å². The Kier molecular flexibility index (Phi) is 6.10. The molecule has 0 amide bonds. The zero-order valence-corrected chi connectivity index (χ0v) is 15.7. The number of carbonyl (C=O) groups is 4. The Labute approximate surface area is 156 Å². The van der Waals surface area contributed by atoms with Crippen LogP contribution in [-0.4, -0.2) is 65.3 Å². The van der Waals surface area contributed by atoms with Gasteiger partial charge in [0.05, 0.1) is 0 Å². The van der Waals surface area contributed by atoms with E-state index in [0.29, 0.717) is 0 Å². The molecule has 10 heteroatoms. The van der Waals surface area contributed by atoms with Crippen LogP contribution in [-0.2, 0) is 42.9 Å². The first kappa shape index (κ1) is 21.1. The molecule has 0 aromatic heterocycles. The molecule has 2 aliphatic heterocycles. The van der Waals surface area contributed by atoms with Crippen LogP contribution in [0.25, 0.3) is 0 Å². The highest BCUT2D eigenvalue weighted by atomic mass is 16.7. The van der Waals surface area contributed by atoms with Gasteiger partial charge in [-0.05, 0) is 6.42 Å². The second kappa shape index (κ2) is 7.81. The number of esters is 4. The van der Waals surface area contributed by atoms with Gasteiger partial charge in [-0.3, -0.25) is 19.2 Å². The summed E-state index contributed by atoms with van der Waals surface area (Å²) < 4.78 is 26.8. The molecule has 1 N–H and O–H groups in total. The van der Waals surface area contributed by atoms with Crippen molar-refractivity contribution in [1.82, 2.24) is 0 Å². The first-order valence-electron chi connectivity index (χ1n) is 8.56. The third-order valence-electron chi connectivity index (χ3n) is 4.63. The zero-order chi connectivity index (χ0) is 20.4.